The number of hydrogen-bond donors (Lipinski definition) is 3. The molecule has 0 spiro atoms. The molecular weight excluding hydrogens is 407 g/mol. The van der Waals surface area contributed by atoms with Crippen LogP contribution in [0.1, 0.15) is 36.3 Å². The maximum absolute atomic E-state index is 10.2. The van der Waals surface area contributed by atoms with Crippen molar-refractivity contribution in [3.05, 3.63) is 71.8 Å². The average molecular weight is 430 g/mol. The molecule has 29 heavy (non-hydrogen) atoms. The van der Waals surface area contributed by atoms with Gasteiger partial charge >= 0.3 is 134 Å². The van der Waals surface area contributed by atoms with E-state index < -0.39 is 33.7 Å². The number of aliphatic carboxylic acids is 2. The second kappa shape index (κ2) is 12.8. The van der Waals surface area contributed by atoms with Crippen LogP contribution in [0.5, 0.6) is 0 Å². The van der Waals surface area contributed by atoms with Crippen LogP contribution in [-0.4, -0.2) is 68.3 Å². The Hall–Kier alpha value is -1.71. The van der Waals surface area contributed by atoms with E-state index in [1.807, 2.05) is 0 Å². The number of hydrogen-bond acceptors (Lipinski definition) is 4. The molecule has 2 aromatic rings. The summed E-state index contributed by atoms with van der Waals surface area (Å²) in [5.41, 5.74) is 2.91. The van der Waals surface area contributed by atoms with E-state index in [-0.39, 0.29) is 0 Å². The quantitative estimate of drug-likeness (QED) is 0.412. The number of benzene rings is 2. The Balaban J connectivity index is 0.000000311. The monoisotopic (exact) mass is 430 g/mol. The Labute approximate surface area is 187 Å². The molecule has 2 aromatic carbocycles. The Morgan fingerprint density at radius 2 is 1.34 bits per heavy atom. The summed E-state index contributed by atoms with van der Waals surface area (Å²) in [4.78, 5) is 20.0. The summed E-state index contributed by atoms with van der Waals surface area (Å²) < 4.78 is 30.1. The van der Waals surface area contributed by atoms with Gasteiger partial charge in [-0.3, -0.25) is 14.1 Å². The number of carboxylic acids is 2. The molecule has 0 fully saturated rings. The fourth-order valence-electron chi connectivity index (χ4n) is 2.78. The second-order valence-electron chi connectivity index (χ2n) is 6.46. The molecule has 0 heterocycles. The Bertz CT molecular complexity index is 831. The van der Waals surface area contributed by atoms with Crippen LogP contribution in [-0.2, 0) is 19.7 Å². The van der Waals surface area contributed by atoms with Gasteiger partial charge in [0.15, 0.2) is 5.25 Å². The minimum absolute atomic E-state index is 0.575. The third-order valence-corrected chi connectivity index (χ3v) is 6.04. The van der Waals surface area contributed by atoms with Crippen LogP contribution in [0.2, 0.25) is 3.67 Å². The molecule has 0 aliphatic heterocycles. The first kappa shape index (κ1) is 25.3. The Morgan fingerprint density at radius 1 is 0.897 bits per heavy atom. The van der Waals surface area contributed by atoms with Gasteiger partial charge in [-0.1, -0.05) is 0 Å². The molecule has 1 atom stereocenters. The molecular formula is C20H23NaO7S. The zero-order valence-corrected chi connectivity index (χ0v) is 19.0. The summed E-state index contributed by atoms with van der Waals surface area (Å²) in [5, 5.41) is 13.9. The van der Waals surface area contributed by atoms with Crippen molar-refractivity contribution in [1.29, 1.82) is 0 Å². The third kappa shape index (κ3) is 9.56. The summed E-state index contributed by atoms with van der Waals surface area (Å²) in [5.74, 6) is -2.92. The molecule has 3 N–H and O–H groups in total. The molecule has 7 nitrogen and oxygen atoms in total. The van der Waals surface area contributed by atoms with E-state index in [1.165, 1.54) is 55.6 Å². The SMILES string of the molecule is O=C(O)CC(C(=O)O)S(=O)(=O)O.[Na][CH2]CCC(c1ccccc1)c1ccccc1. The first-order chi connectivity index (χ1) is 13.7. The molecule has 1 unspecified atom stereocenters. The van der Waals surface area contributed by atoms with Crippen LogP contribution in [0, 0.1) is 0 Å². The molecule has 9 heteroatoms. The predicted octanol–water partition coefficient (Wildman–Crippen LogP) is 2.99. The van der Waals surface area contributed by atoms with Gasteiger partial charge in [-0.15, -0.1) is 0 Å². The minimum atomic E-state index is -4.84. The van der Waals surface area contributed by atoms with Crippen molar-refractivity contribution in [2.24, 2.45) is 0 Å². The fraction of sp³-hybridized carbons (Fsp3) is 0.300. The Morgan fingerprint density at radius 3 is 1.62 bits per heavy atom. The van der Waals surface area contributed by atoms with Gasteiger partial charge in [-0.05, 0) is 0 Å². The van der Waals surface area contributed by atoms with E-state index in [4.69, 9.17) is 14.8 Å². The van der Waals surface area contributed by atoms with Crippen LogP contribution in [0.4, 0.5) is 0 Å². The van der Waals surface area contributed by atoms with Crippen molar-refractivity contribution in [2.45, 2.75) is 34.1 Å². The van der Waals surface area contributed by atoms with E-state index in [1.54, 1.807) is 0 Å². The third-order valence-electron chi connectivity index (χ3n) is 4.25. The van der Waals surface area contributed by atoms with Gasteiger partial charge in [0.2, 0.25) is 0 Å². The van der Waals surface area contributed by atoms with E-state index in [2.05, 4.69) is 60.7 Å². The first-order valence-corrected chi connectivity index (χ1v) is 12.1. The van der Waals surface area contributed by atoms with E-state index >= 15 is 0 Å². The van der Waals surface area contributed by atoms with Crippen LogP contribution < -0.4 is 0 Å². The average Bonchev–Trinajstić information content (AvgIpc) is 2.67. The topological polar surface area (TPSA) is 129 Å². The molecule has 0 saturated carbocycles. The summed E-state index contributed by atoms with van der Waals surface area (Å²) >= 11 is 1.32. The molecule has 0 saturated heterocycles. The fourth-order valence-corrected chi connectivity index (χ4v) is 3.80. The van der Waals surface area contributed by atoms with Gasteiger partial charge in [-0.2, -0.15) is 8.42 Å². The van der Waals surface area contributed by atoms with Crippen molar-refractivity contribution in [1.82, 2.24) is 0 Å². The van der Waals surface area contributed by atoms with Crippen LogP contribution in [0.25, 0.3) is 0 Å². The predicted molar refractivity (Wildman–Crippen MR) is 110 cm³/mol. The van der Waals surface area contributed by atoms with Crippen molar-refractivity contribution in [2.75, 3.05) is 0 Å². The van der Waals surface area contributed by atoms with Crippen LogP contribution in [0.3, 0.4) is 0 Å². The van der Waals surface area contributed by atoms with Gasteiger partial charge in [0.05, 0.1) is 6.42 Å². The van der Waals surface area contributed by atoms with Crippen molar-refractivity contribution >= 4 is 50.0 Å². The molecule has 0 bridgehead atoms. The summed E-state index contributed by atoms with van der Waals surface area (Å²) in [6.45, 7) is 0. The van der Waals surface area contributed by atoms with Gasteiger partial charge < -0.3 is 10.2 Å². The van der Waals surface area contributed by atoms with Crippen molar-refractivity contribution < 1.29 is 32.8 Å². The molecule has 152 valence electrons. The molecule has 0 aromatic heterocycles. The van der Waals surface area contributed by atoms with Gasteiger partial charge in [0, 0.05) is 0 Å². The first-order valence-electron chi connectivity index (χ1n) is 9.17. The number of carboxylic acid groups (broad SMARTS) is 2. The normalized spacial score (nSPS) is 12.0. The van der Waals surface area contributed by atoms with Gasteiger partial charge in [-0.25, -0.2) is 0 Å². The van der Waals surface area contributed by atoms with Crippen molar-refractivity contribution in [3.8, 4) is 0 Å². The molecule has 0 aliphatic rings. The molecule has 0 radical (unpaired) electrons. The van der Waals surface area contributed by atoms with E-state index in [0.717, 1.165) is 0 Å². The van der Waals surface area contributed by atoms with Crippen LogP contribution in [0.15, 0.2) is 60.7 Å². The second-order valence-corrected chi connectivity index (χ2v) is 9.05. The van der Waals surface area contributed by atoms with Crippen molar-refractivity contribution in [3.63, 3.8) is 0 Å². The van der Waals surface area contributed by atoms with Crippen LogP contribution >= 0.6 is 0 Å². The van der Waals surface area contributed by atoms with E-state index in [0.29, 0.717) is 5.92 Å². The maximum atomic E-state index is 10.2. The summed E-state index contributed by atoms with van der Waals surface area (Å²) in [6, 6.07) is 21.8. The zero-order chi connectivity index (χ0) is 21.9. The Kier molecular flexibility index (Phi) is 11.2. The molecule has 0 amide bonds. The van der Waals surface area contributed by atoms with E-state index in [9.17, 15) is 18.0 Å². The summed E-state index contributed by atoms with van der Waals surface area (Å²) in [6.07, 6.45) is 1.46. The van der Waals surface area contributed by atoms with Gasteiger partial charge in [0.1, 0.15) is 0 Å². The standard InChI is InChI=1S/C16H17.C4H6O7S.Na/c1-2-9-16(14-10-5-3-6-11-14)15-12-7-4-8-13-15;5-3(6)1-2(4(7)8)12(9,10)11;/h3-8,10-13,16H,1-2,9H2;2H,1H2,(H,5,6)(H,7,8)(H,9,10,11);. The van der Waals surface area contributed by atoms with Gasteiger partial charge in [0.25, 0.3) is 10.1 Å². The summed E-state index contributed by atoms with van der Waals surface area (Å²) in [7, 11) is -4.84. The zero-order valence-electron chi connectivity index (χ0n) is 16.1. The number of rotatable bonds is 9. The molecule has 0 aliphatic carbocycles. The number of carbonyl (C=O) groups is 2. The molecule has 2 rings (SSSR count).